The van der Waals surface area contributed by atoms with Gasteiger partial charge in [-0.15, -0.1) is 0 Å². The molecule has 1 aromatic heterocycles. The van der Waals surface area contributed by atoms with Gasteiger partial charge < -0.3 is 10.1 Å². The van der Waals surface area contributed by atoms with Crippen molar-refractivity contribution in [1.29, 1.82) is 0 Å². The van der Waals surface area contributed by atoms with Crippen LogP contribution in [-0.2, 0) is 9.53 Å². The molecule has 0 unspecified atom stereocenters. The molecular weight excluding hydrogens is 276 g/mol. The van der Waals surface area contributed by atoms with Crippen LogP contribution in [0.5, 0.6) is 0 Å². The molecule has 1 atom stereocenters. The molecule has 2 rings (SSSR count). The third kappa shape index (κ3) is 6.35. The SMILES string of the molecule is CC(C)(C)OC=O.O=[N+]([O-])c1cnn([C@@H]2CCCNC2)c1. The highest BCUT2D eigenvalue weighted by molar-refractivity contribution is 5.37. The van der Waals surface area contributed by atoms with Gasteiger partial charge in [-0.25, -0.2) is 0 Å². The monoisotopic (exact) mass is 298 g/mol. The smallest absolute Gasteiger partial charge is 0.307 e. The third-order valence-corrected chi connectivity index (χ3v) is 2.85. The molecule has 0 bridgehead atoms. The first-order valence-electron chi connectivity index (χ1n) is 6.84. The van der Waals surface area contributed by atoms with E-state index >= 15 is 0 Å². The van der Waals surface area contributed by atoms with E-state index in [0.29, 0.717) is 6.47 Å². The summed E-state index contributed by atoms with van der Waals surface area (Å²) < 4.78 is 6.23. The molecule has 0 spiro atoms. The first kappa shape index (κ1) is 17.1. The van der Waals surface area contributed by atoms with E-state index in [0.717, 1.165) is 25.9 Å². The molecule has 1 saturated heterocycles. The average Bonchev–Trinajstić information content (AvgIpc) is 2.89. The van der Waals surface area contributed by atoms with E-state index in [9.17, 15) is 14.9 Å². The summed E-state index contributed by atoms with van der Waals surface area (Å²) >= 11 is 0. The van der Waals surface area contributed by atoms with Gasteiger partial charge >= 0.3 is 5.69 Å². The van der Waals surface area contributed by atoms with Crippen LogP contribution in [0.1, 0.15) is 39.7 Å². The van der Waals surface area contributed by atoms with E-state index in [1.165, 1.54) is 12.4 Å². The number of rotatable bonds is 3. The maximum Gasteiger partial charge on any atom is 0.307 e. The Kier molecular flexibility index (Phi) is 6.29. The van der Waals surface area contributed by atoms with Gasteiger partial charge in [0.15, 0.2) is 0 Å². The van der Waals surface area contributed by atoms with Crippen LogP contribution in [0.25, 0.3) is 0 Å². The molecule has 1 fully saturated rings. The summed E-state index contributed by atoms with van der Waals surface area (Å²) in [6, 6.07) is 0.262. The van der Waals surface area contributed by atoms with Gasteiger partial charge in [0.25, 0.3) is 6.47 Å². The summed E-state index contributed by atoms with van der Waals surface area (Å²) in [5.41, 5.74) is -0.252. The van der Waals surface area contributed by atoms with Crippen LogP contribution in [0.2, 0.25) is 0 Å². The lowest BCUT2D eigenvalue weighted by molar-refractivity contribution is -0.385. The first-order chi connectivity index (χ1) is 9.83. The van der Waals surface area contributed by atoms with Crippen LogP contribution >= 0.6 is 0 Å². The second kappa shape index (κ2) is 7.72. The number of nitro groups is 1. The average molecular weight is 298 g/mol. The topological polar surface area (TPSA) is 99.3 Å². The van der Waals surface area contributed by atoms with Crippen molar-refractivity contribution in [2.24, 2.45) is 0 Å². The second-order valence-electron chi connectivity index (χ2n) is 5.76. The highest BCUT2D eigenvalue weighted by Crippen LogP contribution is 2.18. The van der Waals surface area contributed by atoms with Gasteiger partial charge in [-0.1, -0.05) is 0 Å². The summed E-state index contributed by atoms with van der Waals surface area (Å²) in [5, 5.41) is 17.7. The van der Waals surface area contributed by atoms with Gasteiger partial charge in [-0.05, 0) is 40.2 Å². The third-order valence-electron chi connectivity index (χ3n) is 2.85. The number of ether oxygens (including phenoxy) is 1. The van der Waals surface area contributed by atoms with E-state index in [1.54, 1.807) is 4.68 Å². The lowest BCUT2D eigenvalue weighted by Crippen LogP contribution is -2.31. The predicted molar refractivity (Wildman–Crippen MR) is 76.9 cm³/mol. The highest BCUT2D eigenvalue weighted by atomic mass is 16.6. The van der Waals surface area contributed by atoms with Gasteiger partial charge in [-0.2, -0.15) is 5.10 Å². The number of nitrogens with zero attached hydrogens (tertiary/aromatic N) is 3. The molecule has 0 aromatic carbocycles. The Hall–Kier alpha value is -1.96. The van der Waals surface area contributed by atoms with Crippen LogP contribution in [0.15, 0.2) is 12.4 Å². The van der Waals surface area contributed by atoms with Crippen LogP contribution in [-0.4, -0.2) is 39.9 Å². The number of piperidine rings is 1. The number of nitrogens with one attached hydrogen (secondary N) is 1. The zero-order valence-corrected chi connectivity index (χ0v) is 12.6. The summed E-state index contributed by atoms with van der Waals surface area (Å²) in [5.74, 6) is 0. The van der Waals surface area contributed by atoms with Crippen LogP contribution < -0.4 is 5.32 Å². The minimum Gasteiger partial charge on any atom is -0.462 e. The molecule has 1 aromatic rings. The van der Waals surface area contributed by atoms with Crippen LogP contribution in [0.4, 0.5) is 5.69 Å². The Labute approximate surface area is 123 Å². The molecule has 21 heavy (non-hydrogen) atoms. The molecule has 1 N–H and O–H groups in total. The van der Waals surface area contributed by atoms with Crippen molar-refractivity contribution in [3.8, 4) is 0 Å². The largest absolute Gasteiger partial charge is 0.462 e. The Bertz CT molecular complexity index is 461. The minimum absolute atomic E-state index is 0.0653. The highest BCUT2D eigenvalue weighted by Gasteiger charge is 2.18. The molecule has 8 nitrogen and oxygen atoms in total. The lowest BCUT2D eigenvalue weighted by Gasteiger charge is -2.22. The van der Waals surface area contributed by atoms with Gasteiger partial charge in [0.05, 0.1) is 11.0 Å². The predicted octanol–water partition coefficient (Wildman–Crippen LogP) is 1.67. The molecule has 0 saturated carbocycles. The number of carbonyl (C=O) groups is 1. The van der Waals surface area contributed by atoms with Crippen molar-refractivity contribution in [2.75, 3.05) is 13.1 Å². The molecule has 1 aliphatic heterocycles. The van der Waals surface area contributed by atoms with Crippen molar-refractivity contribution >= 4 is 12.2 Å². The Balaban J connectivity index is 0.000000270. The summed E-state index contributed by atoms with van der Waals surface area (Å²) in [6.07, 6.45) is 4.93. The van der Waals surface area contributed by atoms with Gasteiger partial charge in [0.2, 0.25) is 0 Å². The van der Waals surface area contributed by atoms with E-state index < -0.39 is 4.92 Å². The number of carbonyl (C=O) groups excluding carboxylic acids is 1. The Morgan fingerprint density at radius 3 is 2.67 bits per heavy atom. The Morgan fingerprint density at radius 2 is 2.29 bits per heavy atom. The first-order valence-corrected chi connectivity index (χ1v) is 6.84. The standard InChI is InChI=1S/C8H12N4O2.C5H10O2/c13-12(14)8-5-10-11(6-8)7-2-1-3-9-4-7;1-5(2,3)7-4-6/h5-7,9H,1-4H2;4H,1-3H3/t7-;/m1./s1. The van der Waals surface area contributed by atoms with Crippen LogP contribution in [0.3, 0.4) is 0 Å². The number of hydrogen-bond acceptors (Lipinski definition) is 6. The molecule has 1 aliphatic rings. The van der Waals surface area contributed by atoms with Crippen LogP contribution in [0, 0.1) is 10.1 Å². The molecule has 2 heterocycles. The molecule has 118 valence electrons. The van der Waals surface area contributed by atoms with E-state index in [4.69, 9.17) is 0 Å². The van der Waals surface area contributed by atoms with Crippen molar-refractivity contribution < 1.29 is 14.5 Å². The normalized spacial score (nSPS) is 18.3. The fourth-order valence-corrected chi connectivity index (χ4v) is 1.83. The van der Waals surface area contributed by atoms with Gasteiger partial charge in [0, 0.05) is 6.54 Å². The maximum atomic E-state index is 10.4. The number of aromatic nitrogens is 2. The van der Waals surface area contributed by atoms with Crippen molar-refractivity contribution in [3.05, 3.63) is 22.5 Å². The fraction of sp³-hybridized carbons (Fsp3) is 0.692. The quantitative estimate of drug-likeness (QED) is 0.517. The number of hydrogen-bond donors (Lipinski definition) is 1. The van der Waals surface area contributed by atoms with E-state index in [-0.39, 0.29) is 17.3 Å². The lowest BCUT2D eigenvalue weighted by atomic mass is 10.1. The summed E-state index contributed by atoms with van der Waals surface area (Å²) in [6.45, 7) is 7.79. The Morgan fingerprint density at radius 1 is 1.57 bits per heavy atom. The molecule has 0 aliphatic carbocycles. The van der Waals surface area contributed by atoms with Crippen molar-refractivity contribution in [3.63, 3.8) is 0 Å². The van der Waals surface area contributed by atoms with E-state index in [2.05, 4.69) is 15.2 Å². The van der Waals surface area contributed by atoms with Crippen molar-refractivity contribution in [2.45, 2.75) is 45.3 Å². The summed E-state index contributed by atoms with van der Waals surface area (Å²) in [4.78, 5) is 19.6. The van der Waals surface area contributed by atoms with Gasteiger partial charge in [-0.3, -0.25) is 19.6 Å². The maximum absolute atomic E-state index is 10.4. The zero-order chi connectivity index (χ0) is 15.9. The zero-order valence-electron chi connectivity index (χ0n) is 12.6. The second-order valence-corrected chi connectivity index (χ2v) is 5.76. The molecular formula is C13H22N4O4. The van der Waals surface area contributed by atoms with E-state index in [1.807, 2.05) is 20.8 Å². The fourth-order valence-electron chi connectivity index (χ4n) is 1.83. The van der Waals surface area contributed by atoms with Crippen molar-refractivity contribution in [1.82, 2.24) is 15.1 Å². The minimum atomic E-state index is -0.417. The molecule has 0 amide bonds. The van der Waals surface area contributed by atoms with Gasteiger partial charge in [0.1, 0.15) is 18.0 Å². The molecule has 8 heteroatoms. The molecule has 0 radical (unpaired) electrons. The summed E-state index contributed by atoms with van der Waals surface area (Å²) in [7, 11) is 0.